The highest BCUT2D eigenvalue weighted by Gasteiger charge is 2.20. The second kappa shape index (κ2) is 5.07. The molecule has 3 rings (SSSR count). The van der Waals surface area contributed by atoms with Gasteiger partial charge in [-0.3, -0.25) is 10.2 Å². The number of nitrogens with two attached hydrogens (primary N) is 1. The Morgan fingerprint density at radius 3 is 3.00 bits per heavy atom. The molecule has 0 saturated heterocycles. The second-order valence-corrected chi connectivity index (χ2v) is 4.26. The van der Waals surface area contributed by atoms with E-state index in [9.17, 15) is 4.79 Å². The highest BCUT2D eigenvalue weighted by molar-refractivity contribution is 5.98. The van der Waals surface area contributed by atoms with Crippen LogP contribution in [0.1, 0.15) is 21.9 Å². The molecule has 0 aliphatic heterocycles. The first-order valence-electron chi connectivity index (χ1n) is 6.04. The predicted octanol–water partition coefficient (Wildman–Crippen LogP) is 0.548. The Bertz CT molecular complexity index is 857. The Kier molecular flexibility index (Phi) is 3.10. The number of rotatable bonds is 3. The van der Waals surface area contributed by atoms with Crippen LogP contribution < -0.4 is 11.3 Å². The van der Waals surface area contributed by atoms with E-state index >= 15 is 0 Å². The number of carbonyl (C=O) groups excluding carboxylic acids is 1. The molecular formula is C13H10N6O2. The van der Waals surface area contributed by atoms with Gasteiger partial charge in [0.25, 0.3) is 5.82 Å². The Morgan fingerprint density at radius 2 is 2.29 bits per heavy atom. The van der Waals surface area contributed by atoms with Crippen molar-refractivity contribution in [1.29, 1.82) is 5.26 Å². The fourth-order valence-electron chi connectivity index (χ4n) is 2.09. The second-order valence-electron chi connectivity index (χ2n) is 4.26. The minimum Gasteiger partial charge on any atom is -0.450 e. The van der Waals surface area contributed by atoms with Crippen molar-refractivity contribution in [3.8, 4) is 6.07 Å². The highest BCUT2D eigenvalue weighted by Crippen LogP contribution is 2.26. The van der Waals surface area contributed by atoms with E-state index in [4.69, 9.17) is 15.5 Å². The molecular weight excluding hydrogens is 272 g/mol. The molecule has 0 spiro atoms. The highest BCUT2D eigenvalue weighted by atomic mass is 16.3. The van der Waals surface area contributed by atoms with E-state index in [0.717, 1.165) is 5.39 Å². The number of amides is 1. The summed E-state index contributed by atoms with van der Waals surface area (Å²) >= 11 is 0. The van der Waals surface area contributed by atoms with Gasteiger partial charge < -0.3 is 4.42 Å². The van der Waals surface area contributed by atoms with Crippen molar-refractivity contribution >= 4 is 16.9 Å². The molecule has 2 aromatic heterocycles. The third kappa shape index (κ3) is 2.22. The molecule has 8 nitrogen and oxygen atoms in total. The summed E-state index contributed by atoms with van der Waals surface area (Å²) in [5.74, 6) is 4.83. The third-order valence-corrected chi connectivity index (χ3v) is 2.99. The summed E-state index contributed by atoms with van der Waals surface area (Å²) in [7, 11) is 0. The number of nitrogen functional groups attached to an aromatic ring is 1. The standard InChI is InChI=1S/C13H10N6O2/c14-5-11-16-7-19(18-11)6-9-8-3-1-2-4-10(8)21-12(9)13(20)17-15/h1-4,7H,6,15H2,(H,17,20). The van der Waals surface area contributed by atoms with Crippen molar-refractivity contribution in [2.75, 3.05) is 0 Å². The number of nitriles is 1. The number of nitrogens with one attached hydrogen (secondary N) is 1. The van der Waals surface area contributed by atoms with Crippen molar-refractivity contribution in [2.24, 2.45) is 5.84 Å². The van der Waals surface area contributed by atoms with Gasteiger partial charge in [-0.05, 0) is 6.07 Å². The number of aromatic nitrogens is 3. The number of hydrogen-bond acceptors (Lipinski definition) is 6. The summed E-state index contributed by atoms with van der Waals surface area (Å²) < 4.78 is 7.00. The summed E-state index contributed by atoms with van der Waals surface area (Å²) in [6.07, 6.45) is 1.42. The quantitative estimate of drug-likeness (QED) is 0.411. The van der Waals surface area contributed by atoms with Crippen LogP contribution in [-0.2, 0) is 6.54 Å². The van der Waals surface area contributed by atoms with Crippen molar-refractivity contribution in [2.45, 2.75) is 6.54 Å². The van der Waals surface area contributed by atoms with Gasteiger partial charge in [0.15, 0.2) is 5.76 Å². The summed E-state index contributed by atoms with van der Waals surface area (Å²) in [4.78, 5) is 15.7. The maximum atomic E-state index is 11.8. The number of hydrogen-bond donors (Lipinski definition) is 2. The molecule has 104 valence electrons. The zero-order valence-electron chi connectivity index (χ0n) is 10.8. The number of furan rings is 1. The first-order valence-corrected chi connectivity index (χ1v) is 6.04. The van der Waals surface area contributed by atoms with Gasteiger partial charge in [0.05, 0.1) is 6.54 Å². The maximum absolute atomic E-state index is 11.8. The van der Waals surface area contributed by atoms with Gasteiger partial charge in [-0.15, -0.1) is 5.10 Å². The SMILES string of the molecule is N#Cc1ncn(Cc2c(C(=O)NN)oc3ccccc23)n1. The molecule has 0 aliphatic carbocycles. The van der Waals surface area contributed by atoms with Gasteiger partial charge in [0.1, 0.15) is 18.0 Å². The van der Waals surface area contributed by atoms with Crippen LogP contribution >= 0.6 is 0 Å². The van der Waals surface area contributed by atoms with Gasteiger partial charge in [-0.2, -0.15) is 5.26 Å². The summed E-state index contributed by atoms with van der Waals surface area (Å²) in [6.45, 7) is 0.244. The fraction of sp³-hybridized carbons (Fsp3) is 0.0769. The monoisotopic (exact) mass is 282 g/mol. The van der Waals surface area contributed by atoms with Crippen LogP contribution in [0.5, 0.6) is 0 Å². The molecule has 0 aliphatic rings. The van der Waals surface area contributed by atoms with E-state index in [0.29, 0.717) is 11.1 Å². The average molecular weight is 282 g/mol. The number of hydrazine groups is 1. The molecule has 3 aromatic rings. The smallest absolute Gasteiger partial charge is 0.301 e. The van der Waals surface area contributed by atoms with E-state index in [1.165, 1.54) is 11.0 Å². The van der Waals surface area contributed by atoms with E-state index in [2.05, 4.69) is 15.5 Å². The molecule has 0 radical (unpaired) electrons. The van der Waals surface area contributed by atoms with Crippen LogP contribution in [0.4, 0.5) is 0 Å². The molecule has 0 saturated carbocycles. The number of benzene rings is 1. The lowest BCUT2D eigenvalue weighted by atomic mass is 10.1. The Morgan fingerprint density at radius 1 is 1.48 bits per heavy atom. The first-order chi connectivity index (χ1) is 10.2. The first kappa shape index (κ1) is 12.8. The minimum atomic E-state index is -0.526. The van der Waals surface area contributed by atoms with Crippen LogP contribution in [0.25, 0.3) is 11.0 Å². The Hall–Kier alpha value is -3.18. The number of fused-ring (bicyclic) bond motifs is 1. The third-order valence-electron chi connectivity index (χ3n) is 2.99. The Labute approximate surface area is 118 Å². The molecule has 1 aromatic carbocycles. The molecule has 3 N–H and O–H groups in total. The van der Waals surface area contributed by atoms with Gasteiger partial charge in [0, 0.05) is 10.9 Å². The molecule has 8 heteroatoms. The summed E-state index contributed by atoms with van der Waals surface area (Å²) in [5.41, 5.74) is 3.26. The lowest BCUT2D eigenvalue weighted by molar-refractivity contribution is 0.0926. The topological polar surface area (TPSA) is 123 Å². The van der Waals surface area contributed by atoms with Gasteiger partial charge in [-0.25, -0.2) is 15.5 Å². The van der Waals surface area contributed by atoms with Crippen LogP contribution in [0, 0.1) is 11.3 Å². The van der Waals surface area contributed by atoms with E-state index in [-0.39, 0.29) is 18.1 Å². The van der Waals surface area contributed by atoms with Crippen LogP contribution in [0.2, 0.25) is 0 Å². The van der Waals surface area contributed by atoms with Crippen molar-refractivity contribution in [3.63, 3.8) is 0 Å². The van der Waals surface area contributed by atoms with Crippen molar-refractivity contribution in [3.05, 3.63) is 47.7 Å². The van der Waals surface area contributed by atoms with E-state index < -0.39 is 5.91 Å². The lowest BCUT2D eigenvalue weighted by Gasteiger charge is -2.02. The van der Waals surface area contributed by atoms with E-state index in [1.54, 1.807) is 6.07 Å². The number of nitrogens with zero attached hydrogens (tertiary/aromatic N) is 4. The van der Waals surface area contributed by atoms with Crippen molar-refractivity contribution in [1.82, 2.24) is 20.2 Å². The van der Waals surface area contributed by atoms with E-state index in [1.807, 2.05) is 24.3 Å². The maximum Gasteiger partial charge on any atom is 0.301 e. The number of para-hydroxylation sites is 1. The largest absolute Gasteiger partial charge is 0.450 e. The molecule has 2 heterocycles. The summed E-state index contributed by atoms with van der Waals surface area (Å²) in [6, 6.07) is 9.09. The lowest BCUT2D eigenvalue weighted by Crippen LogP contribution is -2.30. The molecule has 0 unspecified atom stereocenters. The molecule has 0 atom stereocenters. The fourth-order valence-corrected chi connectivity index (χ4v) is 2.09. The predicted molar refractivity (Wildman–Crippen MR) is 71.7 cm³/mol. The normalized spacial score (nSPS) is 10.5. The average Bonchev–Trinajstić information content (AvgIpc) is 3.12. The van der Waals surface area contributed by atoms with Crippen LogP contribution in [0.15, 0.2) is 35.0 Å². The zero-order valence-corrected chi connectivity index (χ0v) is 10.8. The number of carbonyl (C=O) groups is 1. The molecule has 0 bridgehead atoms. The van der Waals surface area contributed by atoms with Gasteiger partial charge in [0.2, 0.25) is 0 Å². The molecule has 21 heavy (non-hydrogen) atoms. The zero-order chi connectivity index (χ0) is 14.8. The molecule has 0 fully saturated rings. The van der Waals surface area contributed by atoms with Crippen LogP contribution in [-0.4, -0.2) is 20.7 Å². The van der Waals surface area contributed by atoms with Crippen LogP contribution in [0.3, 0.4) is 0 Å². The summed E-state index contributed by atoms with van der Waals surface area (Å²) in [5, 5.41) is 13.5. The van der Waals surface area contributed by atoms with Gasteiger partial charge in [-0.1, -0.05) is 18.2 Å². The Balaban J connectivity index is 2.10. The minimum absolute atomic E-state index is 0.0626. The van der Waals surface area contributed by atoms with Crippen molar-refractivity contribution < 1.29 is 9.21 Å². The van der Waals surface area contributed by atoms with Gasteiger partial charge >= 0.3 is 5.91 Å². The molecule has 1 amide bonds.